The number of amides is 1. The van der Waals surface area contributed by atoms with Crippen molar-refractivity contribution in [2.45, 2.75) is 71.6 Å². The second kappa shape index (κ2) is 6.44. The van der Waals surface area contributed by atoms with E-state index in [4.69, 9.17) is 4.74 Å². The van der Waals surface area contributed by atoms with Gasteiger partial charge in [0.1, 0.15) is 0 Å². The first-order valence-corrected chi connectivity index (χ1v) is 8.06. The summed E-state index contributed by atoms with van der Waals surface area (Å²) in [7, 11) is 0. The number of hydrogen-bond donors (Lipinski definition) is 2. The monoisotopic (exact) mass is 282 g/mol. The van der Waals surface area contributed by atoms with Crippen molar-refractivity contribution < 1.29 is 9.53 Å². The molecular formula is C16H30N2O2. The van der Waals surface area contributed by atoms with Crippen LogP contribution in [0.5, 0.6) is 0 Å². The maximum atomic E-state index is 12.0. The van der Waals surface area contributed by atoms with Crippen molar-refractivity contribution in [1.82, 2.24) is 10.6 Å². The SMILES string of the molecule is CC(C)COC1CC(NC2CCCCNC2=O)C1(C)C. The summed E-state index contributed by atoms with van der Waals surface area (Å²) < 4.78 is 5.99. The predicted octanol–water partition coefficient (Wildman–Crippen LogP) is 2.08. The van der Waals surface area contributed by atoms with E-state index in [1.165, 1.54) is 0 Å². The summed E-state index contributed by atoms with van der Waals surface area (Å²) in [5, 5.41) is 6.56. The molecule has 0 radical (unpaired) electrons. The van der Waals surface area contributed by atoms with Crippen molar-refractivity contribution in [3.63, 3.8) is 0 Å². The average Bonchev–Trinajstić information content (AvgIpc) is 2.57. The zero-order valence-electron chi connectivity index (χ0n) is 13.4. The van der Waals surface area contributed by atoms with E-state index in [0.717, 1.165) is 38.8 Å². The van der Waals surface area contributed by atoms with E-state index in [-0.39, 0.29) is 17.4 Å². The summed E-state index contributed by atoms with van der Waals surface area (Å²) >= 11 is 0. The van der Waals surface area contributed by atoms with Crippen molar-refractivity contribution >= 4 is 5.91 Å². The third-order valence-corrected chi connectivity index (χ3v) is 4.75. The number of carbonyl (C=O) groups excluding carboxylic acids is 1. The smallest absolute Gasteiger partial charge is 0.237 e. The van der Waals surface area contributed by atoms with E-state index in [0.29, 0.717) is 18.1 Å². The Morgan fingerprint density at radius 2 is 2.15 bits per heavy atom. The predicted molar refractivity (Wildman–Crippen MR) is 80.5 cm³/mol. The van der Waals surface area contributed by atoms with Crippen LogP contribution < -0.4 is 10.6 Å². The molecule has 1 heterocycles. The molecule has 1 saturated carbocycles. The molecule has 20 heavy (non-hydrogen) atoms. The van der Waals surface area contributed by atoms with Crippen molar-refractivity contribution in [3.8, 4) is 0 Å². The lowest BCUT2D eigenvalue weighted by molar-refractivity contribution is -0.134. The topological polar surface area (TPSA) is 50.4 Å². The molecule has 0 aromatic carbocycles. The molecule has 3 atom stereocenters. The third kappa shape index (κ3) is 3.53. The van der Waals surface area contributed by atoms with E-state index in [2.05, 4.69) is 38.3 Å². The van der Waals surface area contributed by atoms with Crippen LogP contribution in [0.15, 0.2) is 0 Å². The first-order valence-electron chi connectivity index (χ1n) is 8.06. The van der Waals surface area contributed by atoms with Crippen LogP contribution in [-0.4, -0.2) is 37.2 Å². The van der Waals surface area contributed by atoms with Gasteiger partial charge in [0, 0.05) is 24.6 Å². The van der Waals surface area contributed by atoms with Gasteiger partial charge in [0.05, 0.1) is 12.1 Å². The fraction of sp³-hybridized carbons (Fsp3) is 0.938. The average molecular weight is 282 g/mol. The van der Waals surface area contributed by atoms with Crippen molar-refractivity contribution in [1.29, 1.82) is 0 Å². The van der Waals surface area contributed by atoms with Gasteiger partial charge in [-0.3, -0.25) is 4.79 Å². The highest BCUT2D eigenvalue weighted by atomic mass is 16.5. The number of hydrogen-bond acceptors (Lipinski definition) is 3. The van der Waals surface area contributed by atoms with Crippen LogP contribution in [0.4, 0.5) is 0 Å². The van der Waals surface area contributed by atoms with E-state index in [9.17, 15) is 4.79 Å². The second-order valence-corrected chi connectivity index (χ2v) is 7.33. The minimum absolute atomic E-state index is 0.0205. The third-order valence-electron chi connectivity index (χ3n) is 4.75. The standard InChI is InChI=1S/C16H30N2O2/c1-11(2)10-20-14-9-13(16(14,3)4)18-12-7-5-6-8-17-15(12)19/h11-14,18H,5-10H2,1-4H3,(H,17,19). The van der Waals surface area contributed by atoms with Gasteiger partial charge < -0.3 is 15.4 Å². The van der Waals surface area contributed by atoms with E-state index < -0.39 is 0 Å². The molecule has 0 spiro atoms. The summed E-state index contributed by atoms with van der Waals surface area (Å²) in [4.78, 5) is 12.0. The van der Waals surface area contributed by atoms with Crippen LogP contribution in [0.2, 0.25) is 0 Å². The lowest BCUT2D eigenvalue weighted by Crippen LogP contribution is -2.64. The van der Waals surface area contributed by atoms with Gasteiger partial charge in [-0.25, -0.2) is 0 Å². The van der Waals surface area contributed by atoms with Gasteiger partial charge in [-0.1, -0.05) is 27.7 Å². The van der Waals surface area contributed by atoms with Crippen molar-refractivity contribution in [3.05, 3.63) is 0 Å². The highest BCUT2D eigenvalue weighted by Crippen LogP contribution is 2.43. The molecule has 3 unspecified atom stereocenters. The molecule has 0 aromatic heterocycles. The summed E-state index contributed by atoms with van der Waals surface area (Å²) in [6.07, 6.45) is 4.50. The Morgan fingerprint density at radius 1 is 1.40 bits per heavy atom. The van der Waals surface area contributed by atoms with Gasteiger partial charge in [-0.05, 0) is 31.6 Å². The maximum Gasteiger partial charge on any atom is 0.237 e. The largest absolute Gasteiger partial charge is 0.377 e. The first-order chi connectivity index (χ1) is 9.41. The first kappa shape index (κ1) is 15.8. The Kier molecular flexibility index (Phi) is 5.08. The van der Waals surface area contributed by atoms with Crippen LogP contribution in [-0.2, 0) is 9.53 Å². The highest BCUT2D eigenvalue weighted by Gasteiger charge is 2.49. The van der Waals surface area contributed by atoms with Gasteiger partial charge in [0.25, 0.3) is 0 Å². The Bertz CT molecular complexity index is 341. The zero-order valence-corrected chi connectivity index (χ0v) is 13.4. The minimum atomic E-state index is -0.0205. The van der Waals surface area contributed by atoms with Gasteiger partial charge in [0.2, 0.25) is 5.91 Å². The van der Waals surface area contributed by atoms with E-state index in [1.54, 1.807) is 0 Å². The molecular weight excluding hydrogens is 252 g/mol. The Hall–Kier alpha value is -0.610. The van der Waals surface area contributed by atoms with Crippen LogP contribution in [0.25, 0.3) is 0 Å². The molecule has 116 valence electrons. The fourth-order valence-electron chi connectivity index (χ4n) is 3.10. The van der Waals surface area contributed by atoms with Crippen LogP contribution in [0.1, 0.15) is 53.4 Å². The van der Waals surface area contributed by atoms with Crippen LogP contribution in [0, 0.1) is 11.3 Å². The number of ether oxygens (including phenoxy) is 1. The number of carbonyl (C=O) groups is 1. The number of rotatable bonds is 5. The molecule has 1 saturated heterocycles. The normalized spacial score (nSPS) is 33.5. The molecule has 2 N–H and O–H groups in total. The Labute approximate surface area is 123 Å². The molecule has 2 aliphatic rings. The van der Waals surface area contributed by atoms with Crippen LogP contribution in [0.3, 0.4) is 0 Å². The van der Waals surface area contributed by atoms with E-state index >= 15 is 0 Å². The number of nitrogens with one attached hydrogen (secondary N) is 2. The molecule has 0 bridgehead atoms. The second-order valence-electron chi connectivity index (χ2n) is 7.33. The molecule has 4 heteroatoms. The van der Waals surface area contributed by atoms with Crippen LogP contribution >= 0.6 is 0 Å². The Morgan fingerprint density at radius 3 is 2.80 bits per heavy atom. The Balaban J connectivity index is 1.84. The van der Waals surface area contributed by atoms with Crippen molar-refractivity contribution in [2.24, 2.45) is 11.3 Å². The molecule has 2 rings (SSSR count). The van der Waals surface area contributed by atoms with Gasteiger partial charge >= 0.3 is 0 Å². The quantitative estimate of drug-likeness (QED) is 0.812. The zero-order chi connectivity index (χ0) is 14.8. The molecule has 1 aliphatic heterocycles. The molecule has 1 aliphatic carbocycles. The summed E-state index contributed by atoms with van der Waals surface area (Å²) in [6.45, 7) is 10.5. The lowest BCUT2D eigenvalue weighted by Gasteiger charge is -2.53. The van der Waals surface area contributed by atoms with E-state index in [1.807, 2.05) is 0 Å². The van der Waals surface area contributed by atoms with Crippen molar-refractivity contribution in [2.75, 3.05) is 13.2 Å². The minimum Gasteiger partial charge on any atom is -0.377 e. The molecule has 4 nitrogen and oxygen atoms in total. The fourth-order valence-corrected chi connectivity index (χ4v) is 3.10. The summed E-state index contributed by atoms with van der Waals surface area (Å²) in [6, 6.07) is 0.362. The highest BCUT2D eigenvalue weighted by molar-refractivity contribution is 5.82. The lowest BCUT2D eigenvalue weighted by atomic mass is 9.64. The molecule has 2 fully saturated rings. The van der Waals surface area contributed by atoms with Gasteiger partial charge in [0.15, 0.2) is 0 Å². The maximum absolute atomic E-state index is 12.0. The summed E-state index contributed by atoms with van der Waals surface area (Å²) in [5.41, 5.74) is 0.113. The van der Waals surface area contributed by atoms with Gasteiger partial charge in [-0.15, -0.1) is 0 Å². The molecule has 1 amide bonds. The summed E-state index contributed by atoms with van der Waals surface area (Å²) in [5.74, 6) is 0.746. The molecule has 0 aromatic rings. The van der Waals surface area contributed by atoms with Gasteiger partial charge in [-0.2, -0.15) is 0 Å².